The summed E-state index contributed by atoms with van der Waals surface area (Å²) in [5.41, 5.74) is 0. The summed E-state index contributed by atoms with van der Waals surface area (Å²) in [5.74, 6) is 0.459. The van der Waals surface area contributed by atoms with Gasteiger partial charge in [-0.1, -0.05) is 13.8 Å². The van der Waals surface area contributed by atoms with E-state index in [-0.39, 0.29) is 23.5 Å². The number of aromatic nitrogens is 2. The summed E-state index contributed by atoms with van der Waals surface area (Å²) in [4.78, 5) is 4.00. The van der Waals surface area contributed by atoms with Crippen molar-refractivity contribution < 1.29 is 8.42 Å². The van der Waals surface area contributed by atoms with Gasteiger partial charge in [-0.3, -0.25) is 0 Å². The fourth-order valence-corrected chi connectivity index (χ4v) is 3.45. The summed E-state index contributed by atoms with van der Waals surface area (Å²) in [6.07, 6.45) is 5.04. The maximum absolute atomic E-state index is 12.2. The number of imidazole rings is 1. The second-order valence-electron chi connectivity index (χ2n) is 5.47. The second kappa shape index (κ2) is 7.40. The molecule has 1 atom stereocenters. The van der Waals surface area contributed by atoms with Crippen LogP contribution in [-0.4, -0.2) is 37.1 Å². The molecule has 2 rings (SSSR count). The number of halogens is 1. The van der Waals surface area contributed by atoms with Gasteiger partial charge in [0.15, 0.2) is 5.03 Å². The fraction of sp³-hybridized carbons (Fsp3) is 0.750. The van der Waals surface area contributed by atoms with Crippen molar-refractivity contribution in [2.24, 2.45) is 5.92 Å². The smallest absolute Gasteiger partial charge is 0.259 e. The van der Waals surface area contributed by atoms with Crippen molar-refractivity contribution in [3.05, 3.63) is 12.5 Å². The molecule has 1 aromatic heterocycles. The lowest BCUT2D eigenvalue weighted by Gasteiger charge is -2.23. The van der Waals surface area contributed by atoms with Gasteiger partial charge in [0.2, 0.25) is 0 Å². The number of sulfonamides is 1. The number of rotatable bonds is 5. The van der Waals surface area contributed by atoms with Crippen molar-refractivity contribution in [2.75, 3.05) is 13.1 Å². The van der Waals surface area contributed by atoms with Crippen LogP contribution in [0.5, 0.6) is 0 Å². The third kappa shape index (κ3) is 4.73. The number of hydrogen-bond acceptors (Lipinski definition) is 4. The Bertz CT molecular complexity index is 509. The van der Waals surface area contributed by atoms with Crippen molar-refractivity contribution in [2.45, 2.75) is 44.3 Å². The molecule has 0 spiro atoms. The zero-order valence-corrected chi connectivity index (χ0v) is 13.5. The molecule has 6 nitrogen and oxygen atoms in total. The zero-order valence-electron chi connectivity index (χ0n) is 11.9. The fourth-order valence-electron chi connectivity index (χ4n) is 2.23. The number of nitrogens with zero attached hydrogens (tertiary/aromatic N) is 2. The summed E-state index contributed by atoms with van der Waals surface area (Å²) >= 11 is 0. The first kappa shape index (κ1) is 17.4. The van der Waals surface area contributed by atoms with Crippen LogP contribution in [0.4, 0.5) is 0 Å². The van der Waals surface area contributed by atoms with E-state index in [4.69, 9.17) is 0 Å². The Labute approximate surface area is 126 Å². The first-order valence-corrected chi connectivity index (χ1v) is 8.20. The van der Waals surface area contributed by atoms with Crippen LogP contribution in [-0.2, 0) is 16.6 Å². The van der Waals surface area contributed by atoms with Gasteiger partial charge in [0.1, 0.15) is 0 Å². The third-order valence-electron chi connectivity index (χ3n) is 3.08. The van der Waals surface area contributed by atoms with E-state index < -0.39 is 10.0 Å². The van der Waals surface area contributed by atoms with Crippen molar-refractivity contribution in [3.63, 3.8) is 0 Å². The van der Waals surface area contributed by atoms with Crippen LogP contribution in [0.1, 0.15) is 26.7 Å². The minimum Gasteiger partial charge on any atom is -0.336 e. The molecule has 1 saturated heterocycles. The van der Waals surface area contributed by atoms with Crippen LogP contribution < -0.4 is 10.0 Å². The van der Waals surface area contributed by atoms with E-state index in [0.29, 0.717) is 12.5 Å². The normalized spacial score (nSPS) is 19.9. The molecule has 1 unspecified atom stereocenters. The van der Waals surface area contributed by atoms with Gasteiger partial charge in [-0.2, -0.15) is 0 Å². The van der Waals surface area contributed by atoms with Crippen molar-refractivity contribution in [3.8, 4) is 0 Å². The summed E-state index contributed by atoms with van der Waals surface area (Å²) in [6.45, 7) is 6.58. The van der Waals surface area contributed by atoms with E-state index in [9.17, 15) is 8.42 Å². The van der Waals surface area contributed by atoms with Crippen LogP contribution in [0.25, 0.3) is 0 Å². The third-order valence-corrected chi connectivity index (χ3v) is 4.48. The van der Waals surface area contributed by atoms with E-state index in [1.54, 1.807) is 12.5 Å². The lowest BCUT2D eigenvalue weighted by Crippen LogP contribution is -2.45. The van der Waals surface area contributed by atoms with E-state index >= 15 is 0 Å². The van der Waals surface area contributed by atoms with E-state index in [1.165, 1.54) is 0 Å². The summed E-state index contributed by atoms with van der Waals surface area (Å²) in [5, 5.41) is 3.30. The molecule has 0 aromatic carbocycles. The minimum absolute atomic E-state index is 0. The highest BCUT2D eigenvalue weighted by molar-refractivity contribution is 7.89. The molecule has 0 bridgehead atoms. The maximum atomic E-state index is 12.2. The average Bonchev–Trinajstić information content (AvgIpc) is 2.78. The Morgan fingerprint density at radius 2 is 2.30 bits per heavy atom. The SMILES string of the molecule is CC(C)Cn1cnc(S(=O)(=O)NC2CCCNC2)c1.Cl. The molecule has 116 valence electrons. The van der Waals surface area contributed by atoms with Gasteiger partial charge in [-0.05, 0) is 25.3 Å². The molecule has 0 saturated carbocycles. The van der Waals surface area contributed by atoms with Crippen LogP contribution in [0.15, 0.2) is 17.6 Å². The quantitative estimate of drug-likeness (QED) is 0.847. The second-order valence-corrected chi connectivity index (χ2v) is 7.13. The Kier molecular flexibility index (Phi) is 6.44. The van der Waals surface area contributed by atoms with Gasteiger partial charge < -0.3 is 9.88 Å². The molecule has 20 heavy (non-hydrogen) atoms. The highest BCUT2D eigenvalue weighted by Crippen LogP contribution is 2.10. The first-order chi connectivity index (χ1) is 8.97. The van der Waals surface area contributed by atoms with Crippen LogP contribution in [0.3, 0.4) is 0 Å². The molecular formula is C12H23ClN4O2S. The van der Waals surface area contributed by atoms with Crippen molar-refractivity contribution in [1.82, 2.24) is 19.6 Å². The van der Waals surface area contributed by atoms with E-state index in [2.05, 4.69) is 28.9 Å². The van der Waals surface area contributed by atoms with Gasteiger partial charge in [-0.15, -0.1) is 12.4 Å². The molecule has 0 aliphatic carbocycles. The lowest BCUT2D eigenvalue weighted by molar-refractivity contribution is 0.428. The largest absolute Gasteiger partial charge is 0.336 e. The molecule has 8 heteroatoms. The number of piperidine rings is 1. The Balaban J connectivity index is 0.00000200. The number of hydrogen-bond donors (Lipinski definition) is 2. The highest BCUT2D eigenvalue weighted by atomic mass is 35.5. The molecule has 2 heterocycles. The van der Waals surface area contributed by atoms with E-state index in [0.717, 1.165) is 25.9 Å². The van der Waals surface area contributed by atoms with Crippen LogP contribution in [0.2, 0.25) is 0 Å². The zero-order chi connectivity index (χ0) is 13.9. The highest BCUT2D eigenvalue weighted by Gasteiger charge is 2.23. The molecule has 1 aromatic rings. The molecule has 1 fully saturated rings. The Morgan fingerprint density at radius 3 is 2.90 bits per heavy atom. The molecule has 1 aliphatic heterocycles. The predicted octanol–water partition coefficient (Wildman–Crippen LogP) is 0.991. The van der Waals surface area contributed by atoms with E-state index in [1.807, 2.05) is 4.57 Å². The molecule has 1 aliphatic rings. The summed E-state index contributed by atoms with van der Waals surface area (Å²) in [7, 11) is -3.50. The summed E-state index contributed by atoms with van der Waals surface area (Å²) < 4.78 is 28.9. The van der Waals surface area contributed by atoms with Crippen molar-refractivity contribution >= 4 is 22.4 Å². The number of nitrogens with one attached hydrogen (secondary N) is 2. The van der Waals surface area contributed by atoms with Crippen LogP contribution in [0, 0.1) is 5.92 Å². The topological polar surface area (TPSA) is 76.0 Å². The van der Waals surface area contributed by atoms with Gasteiger partial charge in [0.05, 0.1) is 6.33 Å². The van der Waals surface area contributed by atoms with Crippen molar-refractivity contribution in [1.29, 1.82) is 0 Å². The standard InChI is InChI=1S/C12H22N4O2S.ClH/c1-10(2)7-16-8-12(14-9-16)19(17,18)15-11-4-3-5-13-6-11;/h8-11,13,15H,3-7H2,1-2H3;1H. The molecule has 0 radical (unpaired) electrons. The molecule has 2 N–H and O–H groups in total. The van der Waals surface area contributed by atoms with Gasteiger partial charge >= 0.3 is 0 Å². The predicted molar refractivity (Wildman–Crippen MR) is 80.5 cm³/mol. The van der Waals surface area contributed by atoms with Gasteiger partial charge in [0, 0.05) is 25.3 Å². The van der Waals surface area contributed by atoms with Gasteiger partial charge in [0.25, 0.3) is 10.0 Å². The Hall–Kier alpha value is -0.630. The monoisotopic (exact) mass is 322 g/mol. The van der Waals surface area contributed by atoms with Crippen LogP contribution >= 0.6 is 12.4 Å². The Morgan fingerprint density at radius 1 is 1.55 bits per heavy atom. The van der Waals surface area contributed by atoms with Gasteiger partial charge in [-0.25, -0.2) is 18.1 Å². The summed E-state index contributed by atoms with van der Waals surface area (Å²) in [6, 6.07) is -0.0333. The molecular weight excluding hydrogens is 300 g/mol. The molecule has 0 amide bonds. The maximum Gasteiger partial charge on any atom is 0.259 e. The minimum atomic E-state index is -3.50. The lowest BCUT2D eigenvalue weighted by atomic mass is 10.1. The average molecular weight is 323 g/mol. The first-order valence-electron chi connectivity index (χ1n) is 6.72.